The van der Waals surface area contributed by atoms with Crippen molar-refractivity contribution in [3.8, 4) is 0 Å². The Hall–Kier alpha value is -2.33. The maximum Gasteiger partial charge on any atom is 0.230 e. The van der Waals surface area contributed by atoms with E-state index in [2.05, 4.69) is 46.3 Å². The second-order valence-electron chi connectivity index (χ2n) is 7.91. The lowest BCUT2D eigenvalue weighted by Gasteiger charge is -2.36. The standard InChI is InChI=1S/C23H31N3O/c1-19-8-7-11-21(18-19)26-16-14-25(15-17-26)13-12-24-22(27)23(2,3)20-9-5-4-6-10-20/h4-11,18H,12-17H2,1-3H3,(H,24,27). The van der Waals surface area contributed by atoms with Crippen LogP contribution in [-0.2, 0) is 10.2 Å². The topological polar surface area (TPSA) is 35.6 Å². The molecule has 144 valence electrons. The Morgan fingerprint density at radius 3 is 2.37 bits per heavy atom. The molecule has 0 saturated carbocycles. The van der Waals surface area contributed by atoms with Crippen LogP contribution in [0, 0.1) is 6.92 Å². The minimum Gasteiger partial charge on any atom is -0.369 e. The van der Waals surface area contributed by atoms with Crippen LogP contribution in [0.4, 0.5) is 5.69 Å². The summed E-state index contributed by atoms with van der Waals surface area (Å²) < 4.78 is 0. The van der Waals surface area contributed by atoms with Crippen LogP contribution in [0.2, 0.25) is 0 Å². The van der Waals surface area contributed by atoms with Crippen molar-refractivity contribution < 1.29 is 4.79 Å². The van der Waals surface area contributed by atoms with Gasteiger partial charge < -0.3 is 10.2 Å². The molecular weight excluding hydrogens is 334 g/mol. The highest BCUT2D eigenvalue weighted by Crippen LogP contribution is 2.23. The third-order valence-electron chi connectivity index (χ3n) is 5.52. The normalized spacial score (nSPS) is 15.6. The van der Waals surface area contributed by atoms with Crippen molar-refractivity contribution in [2.24, 2.45) is 0 Å². The Bertz CT molecular complexity index is 749. The Labute approximate surface area is 163 Å². The van der Waals surface area contributed by atoms with E-state index in [4.69, 9.17) is 0 Å². The van der Waals surface area contributed by atoms with Crippen LogP contribution in [0.3, 0.4) is 0 Å². The fourth-order valence-electron chi connectivity index (χ4n) is 3.59. The molecular formula is C23H31N3O. The van der Waals surface area contributed by atoms with Crippen molar-refractivity contribution in [1.29, 1.82) is 0 Å². The van der Waals surface area contributed by atoms with E-state index in [1.165, 1.54) is 11.3 Å². The molecule has 4 nitrogen and oxygen atoms in total. The molecule has 0 unspecified atom stereocenters. The first-order valence-electron chi connectivity index (χ1n) is 9.84. The molecule has 0 aliphatic carbocycles. The maximum absolute atomic E-state index is 12.6. The number of aryl methyl sites for hydroxylation is 1. The van der Waals surface area contributed by atoms with Gasteiger partial charge in [-0.05, 0) is 44.0 Å². The van der Waals surface area contributed by atoms with Crippen molar-refractivity contribution in [3.05, 3.63) is 65.7 Å². The number of hydrogen-bond donors (Lipinski definition) is 1. The first-order chi connectivity index (χ1) is 13.0. The minimum atomic E-state index is -0.509. The lowest BCUT2D eigenvalue weighted by atomic mass is 9.84. The highest BCUT2D eigenvalue weighted by molar-refractivity contribution is 5.87. The first-order valence-corrected chi connectivity index (χ1v) is 9.84. The molecule has 1 aliphatic rings. The maximum atomic E-state index is 12.6. The number of carbonyl (C=O) groups is 1. The van der Waals surface area contributed by atoms with E-state index in [9.17, 15) is 4.79 Å². The predicted octanol–water partition coefficient (Wildman–Crippen LogP) is 3.21. The lowest BCUT2D eigenvalue weighted by Crippen LogP contribution is -2.49. The van der Waals surface area contributed by atoms with Crippen LogP contribution in [-0.4, -0.2) is 50.1 Å². The smallest absolute Gasteiger partial charge is 0.230 e. The summed E-state index contributed by atoms with van der Waals surface area (Å²) in [6.07, 6.45) is 0. The molecule has 1 fully saturated rings. The molecule has 0 spiro atoms. The van der Waals surface area contributed by atoms with Crippen molar-refractivity contribution in [2.75, 3.05) is 44.2 Å². The zero-order chi connectivity index (χ0) is 19.3. The van der Waals surface area contributed by atoms with E-state index in [0.717, 1.165) is 38.3 Å². The van der Waals surface area contributed by atoms with E-state index in [0.29, 0.717) is 6.54 Å². The van der Waals surface area contributed by atoms with Gasteiger partial charge in [-0.3, -0.25) is 9.69 Å². The Morgan fingerprint density at radius 1 is 1.00 bits per heavy atom. The van der Waals surface area contributed by atoms with E-state index >= 15 is 0 Å². The summed E-state index contributed by atoms with van der Waals surface area (Å²) >= 11 is 0. The summed E-state index contributed by atoms with van der Waals surface area (Å²) in [7, 11) is 0. The van der Waals surface area contributed by atoms with Gasteiger partial charge >= 0.3 is 0 Å². The fraction of sp³-hybridized carbons (Fsp3) is 0.435. The SMILES string of the molecule is Cc1cccc(N2CCN(CCNC(=O)C(C)(C)c3ccccc3)CC2)c1. The summed E-state index contributed by atoms with van der Waals surface area (Å²) in [4.78, 5) is 17.5. The molecule has 2 aromatic carbocycles. The lowest BCUT2D eigenvalue weighted by molar-refractivity contribution is -0.125. The van der Waals surface area contributed by atoms with Crippen molar-refractivity contribution in [3.63, 3.8) is 0 Å². The number of amides is 1. The molecule has 4 heteroatoms. The molecule has 0 bridgehead atoms. The minimum absolute atomic E-state index is 0.0899. The average Bonchev–Trinajstić information content (AvgIpc) is 2.69. The number of hydrogen-bond acceptors (Lipinski definition) is 3. The van der Waals surface area contributed by atoms with Gasteiger partial charge in [0.15, 0.2) is 0 Å². The summed E-state index contributed by atoms with van der Waals surface area (Å²) in [5.41, 5.74) is 3.16. The molecule has 1 N–H and O–H groups in total. The first kappa shape index (κ1) is 19.4. The zero-order valence-electron chi connectivity index (χ0n) is 16.7. The number of piperazine rings is 1. The second-order valence-corrected chi connectivity index (χ2v) is 7.91. The molecule has 1 amide bonds. The monoisotopic (exact) mass is 365 g/mol. The van der Waals surface area contributed by atoms with Gasteiger partial charge in [0, 0.05) is 45.0 Å². The quantitative estimate of drug-likeness (QED) is 0.854. The molecule has 0 aromatic heterocycles. The van der Waals surface area contributed by atoms with Gasteiger partial charge in [-0.15, -0.1) is 0 Å². The summed E-state index contributed by atoms with van der Waals surface area (Å²) in [6.45, 7) is 11.8. The Morgan fingerprint density at radius 2 is 1.70 bits per heavy atom. The average molecular weight is 366 g/mol. The van der Waals surface area contributed by atoms with Crippen LogP contribution in [0.15, 0.2) is 54.6 Å². The number of rotatable bonds is 6. The number of carbonyl (C=O) groups excluding carboxylic acids is 1. The third kappa shape index (κ3) is 4.89. The summed E-state index contributed by atoms with van der Waals surface area (Å²) in [6, 6.07) is 18.7. The Balaban J connectivity index is 1.43. The molecule has 1 aliphatic heterocycles. The van der Waals surface area contributed by atoms with Crippen LogP contribution < -0.4 is 10.2 Å². The zero-order valence-corrected chi connectivity index (χ0v) is 16.7. The number of anilines is 1. The van der Waals surface area contributed by atoms with Gasteiger partial charge in [0.1, 0.15) is 0 Å². The molecule has 1 heterocycles. The number of nitrogens with zero attached hydrogens (tertiary/aromatic N) is 2. The van der Waals surface area contributed by atoms with E-state index in [1.54, 1.807) is 0 Å². The van der Waals surface area contributed by atoms with E-state index in [1.807, 2.05) is 44.2 Å². The molecule has 0 atom stereocenters. The van der Waals surface area contributed by atoms with Crippen LogP contribution in [0.25, 0.3) is 0 Å². The fourth-order valence-corrected chi connectivity index (χ4v) is 3.59. The van der Waals surface area contributed by atoms with Gasteiger partial charge in [-0.25, -0.2) is 0 Å². The van der Waals surface area contributed by atoms with Crippen LogP contribution in [0.1, 0.15) is 25.0 Å². The van der Waals surface area contributed by atoms with Crippen LogP contribution >= 0.6 is 0 Å². The highest BCUT2D eigenvalue weighted by atomic mass is 16.2. The number of nitrogens with one attached hydrogen (secondary N) is 1. The van der Waals surface area contributed by atoms with Gasteiger partial charge in [0.2, 0.25) is 5.91 Å². The second kappa shape index (κ2) is 8.57. The predicted molar refractivity (Wildman–Crippen MR) is 112 cm³/mol. The van der Waals surface area contributed by atoms with E-state index in [-0.39, 0.29) is 5.91 Å². The molecule has 1 saturated heterocycles. The summed E-state index contributed by atoms with van der Waals surface area (Å²) in [5.74, 6) is 0.0899. The largest absolute Gasteiger partial charge is 0.369 e. The van der Waals surface area contributed by atoms with E-state index < -0.39 is 5.41 Å². The molecule has 3 rings (SSSR count). The van der Waals surface area contributed by atoms with Crippen molar-refractivity contribution in [1.82, 2.24) is 10.2 Å². The highest BCUT2D eigenvalue weighted by Gasteiger charge is 2.29. The van der Waals surface area contributed by atoms with Gasteiger partial charge in [0.05, 0.1) is 5.41 Å². The van der Waals surface area contributed by atoms with Crippen LogP contribution in [0.5, 0.6) is 0 Å². The molecule has 27 heavy (non-hydrogen) atoms. The molecule has 0 radical (unpaired) electrons. The van der Waals surface area contributed by atoms with Gasteiger partial charge in [-0.1, -0.05) is 42.5 Å². The van der Waals surface area contributed by atoms with Crippen molar-refractivity contribution >= 4 is 11.6 Å². The number of benzene rings is 2. The third-order valence-corrected chi connectivity index (χ3v) is 5.52. The Kier molecular flexibility index (Phi) is 6.17. The van der Waals surface area contributed by atoms with Crippen molar-refractivity contribution in [2.45, 2.75) is 26.2 Å². The molecule has 2 aromatic rings. The van der Waals surface area contributed by atoms with Gasteiger partial charge in [-0.2, -0.15) is 0 Å². The van der Waals surface area contributed by atoms with Gasteiger partial charge in [0.25, 0.3) is 0 Å². The summed E-state index contributed by atoms with van der Waals surface area (Å²) in [5, 5.41) is 3.12.